The molecule has 0 amide bonds. The smallest absolute Gasteiger partial charge is 0.0774 e. The van der Waals surface area contributed by atoms with Crippen molar-refractivity contribution >= 4 is 11.3 Å². The average Bonchev–Trinajstić information content (AvgIpc) is 2.50. The molecule has 1 aromatic heterocycles. The molecule has 62 valence electrons. The minimum atomic E-state index is -0.0912. The molecule has 0 radical (unpaired) electrons. The van der Waals surface area contributed by atoms with Crippen molar-refractivity contribution in [3.05, 3.63) is 21.9 Å². The Morgan fingerprint density at radius 2 is 2.36 bits per heavy atom. The maximum absolute atomic E-state index is 8.74. The zero-order chi connectivity index (χ0) is 8.27. The summed E-state index contributed by atoms with van der Waals surface area (Å²) in [6.07, 6.45) is 0. The van der Waals surface area contributed by atoms with Crippen LogP contribution in [-0.4, -0.2) is 11.7 Å². The van der Waals surface area contributed by atoms with Gasteiger partial charge in [0, 0.05) is 17.5 Å². The predicted molar refractivity (Wildman–Crippen MR) is 46.2 cm³/mol. The molecular weight excluding hydrogens is 160 g/mol. The third-order valence-electron chi connectivity index (χ3n) is 1.51. The average molecular weight is 172 g/mol. The fourth-order valence-corrected chi connectivity index (χ4v) is 1.62. The lowest BCUT2D eigenvalue weighted by atomic mass is 10.1. The molecule has 0 aromatic carbocycles. The Kier molecular flexibility index (Phi) is 3.02. The lowest BCUT2D eigenvalue weighted by Crippen LogP contribution is -2.19. The van der Waals surface area contributed by atoms with E-state index in [-0.39, 0.29) is 12.6 Å². The molecule has 0 aliphatic heterocycles. The maximum Gasteiger partial charge on any atom is 0.0774 e. The van der Waals surface area contributed by atoms with E-state index in [1.54, 1.807) is 0 Å². The van der Waals surface area contributed by atoms with Crippen LogP contribution in [0.25, 0.3) is 0 Å². The lowest BCUT2D eigenvalue weighted by molar-refractivity contribution is 0.285. The highest BCUT2D eigenvalue weighted by atomic mass is 32.1. The van der Waals surface area contributed by atoms with Gasteiger partial charge in [0.1, 0.15) is 0 Å². The summed E-state index contributed by atoms with van der Waals surface area (Å²) in [6, 6.07) is 1.80. The van der Waals surface area contributed by atoms with Gasteiger partial charge in [-0.2, -0.15) is 0 Å². The van der Waals surface area contributed by atoms with E-state index in [1.165, 1.54) is 11.3 Å². The summed E-state index contributed by atoms with van der Waals surface area (Å²) in [5, 5.41) is 10.7. The van der Waals surface area contributed by atoms with Crippen molar-refractivity contribution in [3.8, 4) is 0 Å². The van der Waals surface area contributed by atoms with E-state index >= 15 is 0 Å². The van der Waals surface area contributed by atoms with Crippen LogP contribution < -0.4 is 11.5 Å². The van der Waals surface area contributed by atoms with Gasteiger partial charge in [-0.25, -0.2) is 0 Å². The first-order valence-corrected chi connectivity index (χ1v) is 4.29. The molecule has 11 heavy (non-hydrogen) atoms. The first-order valence-electron chi connectivity index (χ1n) is 3.41. The van der Waals surface area contributed by atoms with Crippen LogP contribution in [0.4, 0.5) is 0 Å². The van der Waals surface area contributed by atoms with Gasteiger partial charge in [-0.15, -0.1) is 11.3 Å². The van der Waals surface area contributed by atoms with E-state index in [0.29, 0.717) is 6.54 Å². The van der Waals surface area contributed by atoms with Gasteiger partial charge >= 0.3 is 0 Å². The Bertz CT molecular complexity index is 224. The molecule has 0 spiro atoms. The van der Waals surface area contributed by atoms with E-state index in [0.717, 1.165) is 10.4 Å². The van der Waals surface area contributed by atoms with Crippen molar-refractivity contribution in [1.82, 2.24) is 0 Å². The molecule has 1 atom stereocenters. The largest absolute Gasteiger partial charge is 0.391 e. The highest BCUT2D eigenvalue weighted by Gasteiger charge is 2.05. The van der Waals surface area contributed by atoms with Gasteiger partial charge < -0.3 is 16.6 Å². The van der Waals surface area contributed by atoms with Crippen LogP contribution in [0.3, 0.4) is 0 Å². The van der Waals surface area contributed by atoms with Crippen LogP contribution in [-0.2, 0) is 6.61 Å². The summed E-state index contributed by atoms with van der Waals surface area (Å²) in [5.74, 6) is 0. The number of hydrogen-bond acceptors (Lipinski definition) is 4. The molecule has 0 unspecified atom stereocenters. The van der Waals surface area contributed by atoms with Crippen LogP contribution in [0.5, 0.6) is 0 Å². The van der Waals surface area contributed by atoms with E-state index in [9.17, 15) is 0 Å². The fourth-order valence-electron chi connectivity index (χ4n) is 0.811. The zero-order valence-corrected chi connectivity index (χ0v) is 6.97. The molecule has 0 fully saturated rings. The quantitative estimate of drug-likeness (QED) is 0.610. The molecule has 0 saturated heterocycles. The molecule has 1 heterocycles. The first kappa shape index (κ1) is 8.67. The second-order valence-corrected chi connectivity index (χ2v) is 3.34. The third-order valence-corrected chi connectivity index (χ3v) is 2.45. The van der Waals surface area contributed by atoms with Crippen molar-refractivity contribution in [2.24, 2.45) is 11.5 Å². The standard InChI is InChI=1S/C7H12N2OS/c8-2-7(9)5-1-6(3-10)11-4-5/h1,4,7,10H,2-3,8-9H2/t7-/m1/s1. The van der Waals surface area contributed by atoms with Gasteiger partial charge in [0.25, 0.3) is 0 Å². The molecule has 1 aromatic rings. The molecule has 0 saturated carbocycles. The Morgan fingerprint density at radius 3 is 2.82 bits per heavy atom. The Hall–Kier alpha value is -0.420. The van der Waals surface area contributed by atoms with E-state index < -0.39 is 0 Å². The second kappa shape index (κ2) is 3.82. The molecule has 0 bridgehead atoms. The summed E-state index contributed by atoms with van der Waals surface area (Å²) in [4.78, 5) is 0.934. The number of aliphatic hydroxyl groups excluding tert-OH is 1. The minimum absolute atomic E-state index is 0.0853. The van der Waals surface area contributed by atoms with Crippen molar-refractivity contribution < 1.29 is 5.11 Å². The van der Waals surface area contributed by atoms with Crippen LogP contribution in [0.2, 0.25) is 0 Å². The number of thiophene rings is 1. The predicted octanol–water partition coefficient (Wildman–Crippen LogP) is 0.199. The molecular formula is C7H12N2OS. The number of rotatable bonds is 3. The van der Waals surface area contributed by atoms with Gasteiger partial charge in [-0.3, -0.25) is 0 Å². The topological polar surface area (TPSA) is 72.3 Å². The number of hydrogen-bond donors (Lipinski definition) is 3. The van der Waals surface area contributed by atoms with E-state index in [1.807, 2.05) is 11.4 Å². The Labute approximate surface area is 69.6 Å². The van der Waals surface area contributed by atoms with Crippen LogP contribution in [0, 0.1) is 0 Å². The molecule has 1 rings (SSSR count). The van der Waals surface area contributed by atoms with Crippen LogP contribution in [0.15, 0.2) is 11.4 Å². The highest BCUT2D eigenvalue weighted by Crippen LogP contribution is 2.18. The van der Waals surface area contributed by atoms with Crippen molar-refractivity contribution in [2.45, 2.75) is 12.6 Å². The van der Waals surface area contributed by atoms with Crippen LogP contribution >= 0.6 is 11.3 Å². The van der Waals surface area contributed by atoms with E-state index in [2.05, 4.69) is 0 Å². The van der Waals surface area contributed by atoms with E-state index in [4.69, 9.17) is 16.6 Å². The Balaban J connectivity index is 2.71. The zero-order valence-electron chi connectivity index (χ0n) is 6.16. The summed E-state index contributed by atoms with van der Waals surface area (Å²) in [6.45, 7) is 0.531. The summed E-state index contributed by atoms with van der Waals surface area (Å²) in [7, 11) is 0. The van der Waals surface area contributed by atoms with Gasteiger partial charge in [0.05, 0.1) is 6.61 Å². The van der Waals surface area contributed by atoms with Crippen molar-refractivity contribution in [2.75, 3.05) is 6.54 Å². The first-order chi connectivity index (χ1) is 5.27. The van der Waals surface area contributed by atoms with Crippen LogP contribution in [0.1, 0.15) is 16.5 Å². The Morgan fingerprint density at radius 1 is 1.64 bits per heavy atom. The molecule has 4 heteroatoms. The SMILES string of the molecule is NC[C@@H](N)c1csc(CO)c1. The maximum atomic E-state index is 8.74. The highest BCUT2D eigenvalue weighted by molar-refractivity contribution is 7.10. The normalized spacial score (nSPS) is 13.4. The molecule has 0 aliphatic carbocycles. The molecule has 3 nitrogen and oxygen atoms in total. The van der Waals surface area contributed by atoms with Crippen molar-refractivity contribution in [3.63, 3.8) is 0 Å². The van der Waals surface area contributed by atoms with Gasteiger partial charge in [0.15, 0.2) is 0 Å². The van der Waals surface area contributed by atoms with Gasteiger partial charge in [0.2, 0.25) is 0 Å². The number of aliphatic hydroxyl groups is 1. The van der Waals surface area contributed by atoms with Gasteiger partial charge in [-0.1, -0.05) is 0 Å². The second-order valence-electron chi connectivity index (χ2n) is 2.35. The summed E-state index contributed by atoms with van der Waals surface area (Å²) in [5.41, 5.74) is 12.0. The minimum Gasteiger partial charge on any atom is -0.391 e. The van der Waals surface area contributed by atoms with Gasteiger partial charge in [-0.05, 0) is 17.0 Å². The van der Waals surface area contributed by atoms with Crippen molar-refractivity contribution in [1.29, 1.82) is 0 Å². The fraction of sp³-hybridized carbons (Fsp3) is 0.429. The summed E-state index contributed by atoms with van der Waals surface area (Å²) < 4.78 is 0. The third kappa shape index (κ3) is 2.00. The molecule has 5 N–H and O–H groups in total. The molecule has 0 aliphatic rings. The number of nitrogens with two attached hydrogens (primary N) is 2. The monoisotopic (exact) mass is 172 g/mol. The summed E-state index contributed by atoms with van der Waals surface area (Å²) >= 11 is 1.51. The lowest BCUT2D eigenvalue weighted by Gasteiger charge is -2.03.